The Morgan fingerprint density at radius 3 is 2.66 bits per heavy atom. The lowest BCUT2D eigenvalue weighted by atomic mass is 10.1. The number of anilines is 2. The molecule has 0 spiro atoms. The minimum Gasteiger partial charge on any atom is -0.322 e. The summed E-state index contributed by atoms with van der Waals surface area (Å²) >= 11 is 6.51. The van der Waals surface area contributed by atoms with Crippen molar-refractivity contribution < 1.29 is 14.0 Å². The van der Waals surface area contributed by atoms with Gasteiger partial charge in [0.2, 0.25) is 0 Å². The summed E-state index contributed by atoms with van der Waals surface area (Å²) in [5.74, 6) is -1.15. The SMILES string of the molecule is Cc1c(F)cccc1C(=O)Nc1ccc(C(=O)N2CCc3cn(C)nc3-c3ccccc32)c(Cl)c1. The highest BCUT2D eigenvalue weighted by atomic mass is 35.5. The first kappa shape index (κ1) is 22.8. The topological polar surface area (TPSA) is 67.2 Å². The van der Waals surface area contributed by atoms with Crippen LogP contribution in [-0.2, 0) is 13.5 Å². The molecule has 0 atom stereocenters. The second-order valence-electron chi connectivity index (χ2n) is 8.46. The highest BCUT2D eigenvalue weighted by molar-refractivity contribution is 6.35. The van der Waals surface area contributed by atoms with E-state index in [2.05, 4.69) is 10.4 Å². The lowest BCUT2D eigenvalue weighted by Gasteiger charge is -2.23. The Morgan fingerprint density at radius 1 is 1.06 bits per heavy atom. The number of aromatic nitrogens is 2. The van der Waals surface area contributed by atoms with E-state index in [1.807, 2.05) is 37.5 Å². The van der Waals surface area contributed by atoms with Crippen LogP contribution in [0.15, 0.2) is 66.9 Å². The highest BCUT2D eigenvalue weighted by Gasteiger charge is 2.27. The number of nitrogens with zero attached hydrogens (tertiary/aromatic N) is 3. The van der Waals surface area contributed by atoms with Crippen molar-refractivity contribution in [3.8, 4) is 11.3 Å². The number of halogens is 2. The first-order valence-electron chi connectivity index (χ1n) is 11.1. The van der Waals surface area contributed by atoms with Crippen molar-refractivity contribution >= 4 is 34.8 Å². The largest absolute Gasteiger partial charge is 0.322 e. The normalized spacial score (nSPS) is 12.5. The summed E-state index contributed by atoms with van der Waals surface area (Å²) in [6, 6.07) is 16.8. The molecule has 1 aromatic heterocycles. The van der Waals surface area contributed by atoms with Crippen LogP contribution in [0.5, 0.6) is 0 Å². The standard InChI is InChI=1S/C27H22ClFN4O2/c1-16-19(7-5-8-23(16)29)26(34)30-18-10-11-20(22(28)14-18)27(35)33-13-12-17-15-32(2)31-25(17)21-6-3-4-9-24(21)33/h3-11,14-15H,12-13H2,1-2H3,(H,30,34). The number of amides is 2. The Labute approximate surface area is 206 Å². The number of benzene rings is 3. The van der Waals surface area contributed by atoms with Gasteiger partial charge in [-0.25, -0.2) is 4.39 Å². The predicted molar refractivity (Wildman–Crippen MR) is 135 cm³/mol. The lowest BCUT2D eigenvalue weighted by molar-refractivity contribution is 0.0986. The molecule has 0 saturated heterocycles. The van der Waals surface area contributed by atoms with Crippen LogP contribution in [0.4, 0.5) is 15.8 Å². The summed E-state index contributed by atoms with van der Waals surface area (Å²) in [5, 5.41) is 7.54. The molecule has 3 aromatic carbocycles. The zero-order valence-corrected chi connectivity index (χ0v) is 19.9. The van der Waals surface area contributed by atoms with Crippen LogP contribution in [0, 0.1) is 12.7 Å². The average molecular weight is 489 g/mol. The number of carbonyl (C=O) groups excluding carboxylic acids is 2. The minimum atomic E-state index is -0.454. The van der Waals surface area contributed by atoms with E-state index in [-0.39, 0.29) is 22.1 Å². The number of para-hydroxylation sites is 1. The molecule has 2 amide bonds. The molecule has 5 rings (SSSR count). The second kappa shape index (κ2) is 9.00. The van der Waals surface area contributed by atoms with Gasteiger partial charge in [0.15, 0.2) is 0 Å². The zero-order chi connectivity index (χ0) is 24.7. The average Bonchev–Trinajstić information content (AvgIpc) is 3.14. The van der Waals surface area contributed by atoms with Gasteiger partial charge in [0.1, 0.15) is 5.82 Å². The Bertz CT molecular complexity index is 1480. The van der Waals surface area contributed by atoms with Gasteiger partial charge in [-0.15, -0.1) is 0 Å². The van der Waals surface area contributed by atoms with Crippen molar-refractivity contribution in [1.82, 2.24) is 9.78 Å². The number of aryl methyl sites for hydroxylation is 1. The fraction of sp³-hybridized carbons (Fsp3) is 0.148. The summed E-state index contributed by atoms with van der Waals surface area (Å²) < 4.78 is 15.6. The lowest BCUT2D eigenvalue weighted by Crippen LogP contribution is -2.32. The van der Waals surface area contributed by atoms with E-state index >= 15 is 0 Å². The van der Waals surface area contributed by atoms with E-state index in [4.69, 9.17) is 11.6 Å². The quantitative estimate of drug-likeness (QED) is 0.405. The summed E-state index contributed by atoms with van der Waals surface area (Å²) in [5.41, 5.74) is 4.83. The fourth-order valence-electron chi connectivity index (χ4n) is 4.38. The highest BCUT2D eigenvalue weighted by Crippen LogP contribution is 2.36. The molecule has 0 bridgehead atoms. The van der Waals surface area contributed by atoms with E-state index in [0.29, 0.717) is 24.2 Å². The minimum absolute atomic E-state index is 0.210. The summed E-state index contributed by atoms with van der Waals surface area (Å²) in [6.07, 6.45) is 2.63. The summed E-state index contributed by atoms with van der Waals surface area (Å²) in [4.78, 5) is 28.0. The molecule has 0 radical (unpaired) electrons. The van der Waals surface area contributed by atoms with Gasteiger partial charge < -0.3 is 10.2 Å². The number of fused-ring (bicyclic) bond motifs is 3. The number of hydrogen-bond donors (Lipinski definition) is 1. The maximum atomic E-state index is 13.8. The number of nitrogens with one attached hydrogen (secondary N) is 1. The Balaban J connectivity index is 1.42. The molecule has 1 aliphatic rings. The maximum absolute atomic E-state index is 13.8. The van der Waals surface area contributed by atoms with Crippen molar-refractivity contribution in [1.29, 1.82) is 0 Å². The molecule has 1 aliphatic heterocycles. The van der Waals surface area contributed by atoms with Crippen molar-refractivity contribution in [2.45, 2.75) is 13.3 Å². The predicted octanol–water partition coefficient (Wildman–Crippen LogP) is 5.64. The molecule has 176 valence electrons. The summed E-state index contributed by atoms with van der Waals surface area (Å²) in [6.45, 7) is 2.02. The van der Waals surface area contributed by atoms with Crippen molar-refractivity contribution in [3.05, 3.63) is 100.0 Å². The van der Waals surface area contributed by atoms with Crippen LogP contribution in [-0.4, -0.2) is 28.1 Å². The molecule has 0 unspecified atom stereocenters. The molecule has 2 heterocycles. The van der Waals surface area contributed by atoms with E-state index in [1.54, 1.807) is 34.7 Å². The molecule has 1 N–H and O–H groups in total. The van der Waals surface area contributed by atoms with Gasteiger partial charge >= 0.3 is 0 Å². The Hall–Kier alpha value is -3.97. The molecule has 6 nitrogen and oxygen atoms in total. The number of carbonyl (C=O) groups is 2. The van der Waals surface area contributed by atoms with E-state index in [9.17, 15) is 14.0 Å². The molecular weight excluding hydrogens is 467 g/mol. The van der Waals surface area contributed by atoms with Gasteiger partial charge in [-0.05, 0) is 60.9 Å². The van der Waals surface area contributed by atoms with Gasteiger partial charge in [0.25, 0.3) is 11.8 Å². The van der Waals surface area contributed by atoms with Gasteiger partial charge in [0, 0.05) is 36.6 Å². The van der Waals surface area contributed by atoms with Gasteiger partial charge in [0.05, 0.1) is 22.0 Å². The van der Waals surface area contributed by atoms with Crippen LogP contribution in [0.3, 0.4) is 0 Å². The van der Waals surface area contributed by atoms with Crippen LogP contribution in [0.2, 0.25) is 5.02 Å². The Morgan fingerprint density at radius 2 is 1.86 bits per heavy atom. The third-order valence-electron chi connectivity index (χ3n) is 6.17. The zero-order valence-electron chi connectivity index (χ0n) is 19.2. The smallest absolute Gasteiger partial charge is 0.259 e. The molecular formula is C27H22ClFN4O2. The van der Waals surface area contributed by atoms with Crippen molar-refractivity contribution in [3.63, 3.8) is 0 Å². The van der Waals surface area contributed by atoms with Gasteiger partial charge in [-0.2, -0.15) is 5.10 Å². The maximum Gasteiger partial charge on any atom is 0.259 e. The van der Waals surface area contributed by atoms with Crippen LogP contribution in [0.1, 0.15) is 31.8 Å². The fourth-order valence-corrected chi connectivity index (χ4v) is 4.65. The third-order valence-corrected chi connectivity index (χ3v) is 6.49. The molecule has 0 fully saturated rings. The van der Waals surface area contributed by atoms with Crippen molar-refractivity contribution in [2.75, 3.05) is 16.8 Å². The van der Waals surface area contributed by atoms with E-state index in [0.717, 1.165) is 22.5 Å². The molecule has 4 aromatic rings. The van der Waals surface area contributed by atoms with Crippen LogP contribution >= 0.6 is 11.6 Å². The first-order valence-corrected chi connectivity index (χ1v) is 11.5. The molecule has 35 heavy (non-hydrogen) atoms. The number of rotatable bonds is 3. The van der Waals surface area contributed by atoms with E-state index < -0.39 is 11.7 Å². The first-order chi connectivity index (χ1) is 16.8. The van der Waals surface area contributed by atoms with Crippen LogP contribution < -0.4 is 10.2 Å². The van der Waals surface area contributed by atoms with Crippen molar-refractivity contribution in [2.24, 2.45) is 7.05 Å². The van der Waals surface area contributed by atoms with Gasteiger partial charge in [-0.1, -0.05) is 35.9 Å². The number of hydrogen-bond acceptors (Lipinski definition) is 3. The summed E-state index contributed by atoms with van der Waals surface area (Å²) in [7, 11) is 1.88. The molecule has 8 heteroatoms. The molecule has 0 aliphatic carbocycles. The third kappa shape index (κ3) is 4.19. The van der Waals surface area contributed by atoms with Gasteiger partial charge in [-0.3, -0.25) is 14.3 Å². The second-order valence-corrected chi connectivity index (χ2v) is 8.87. The van der Waals surface area contributed by atoms with Crippen LogP contribution in [0.25, 0.3) is 11.3 Å². The van der Waals surface area contributed by atoms with E-state index in [1.165, 1.54) is 18.2 Å². The molecule has 0 saturated carbocycles. The Kier molecular flexibility index (Phi) is 5.86. The monoisotopic (exact) mass is 488 g/mol.